The first-order valence-electron chi connectivity index (χ1n) is 9.27. The molecule has 0 radical (unpaired) electrons. The number of benzene rings is 2. The number of ether oxygens (including phenoxy) is 1. The van der Waals surface area contributed by atoms with Gasteiger partial charge in [-0.05, 0) is 61.8 Å². The van der Waals surface area contributed by atoms with E-state index in [9.17, 15) is 8.42 Å². The molecule has 0 aliphatic carbocycles. The average Bonchev–Trinajstić information content (AvgIpc) is 2.67. The lowest BCUT2D eigenvalue weighted by atomic mass is 10.0. The molecule has 0 aromatic heterocycles. The first-order chi connectivity index (χ1) is 12.8. The van der Waals surface area contributed by atoms with Gasteiger partial charge < -0.3 is 4.74 Å². The van der Waals surface area contributed by atoms with Crippen molar-refractivity contribution in [2.45, 2.75) is 38.6 Å². The molecule has 27 heavy (non-hydrogen) atoms. The number of methoxy groups -OCH3 is 1. The molecule has 0 bridgehead atoms. The summed E-state index contributed by atoms with van der Waals surface area (Å²) in [5, 5.41) is 0. The van der Waals surface area contributed by atoms with Gasteiger partial charge in [-0.1, -0.05) is 38.1 Å². The standard InChI is InChI=1S/C21H30N2O3S/c1-6-23(7-2)20(18-9-8-10-19(14-18)26-5)15-22-27(24,25)21-13-16(3)11-12-17(21)4/h8-14,20,22H,6-7,15H2,1-5H3. The maximum atomic E-state index is 12.9. The van der Waals surface area contributed by atoms with Gasteiger partial charge in [0, 0.05) is 12.6 Å². The number of sulfonamides is 1. The zero-order valence-electron chi connectivity index (χ0n) is 16.8. The van der Waals surface area contributed by atoms with E-state index in [-0.39, 0.29) is 6.04 Å². The van der Waals surface area contributed by atoms with E-state index >= 15 is 0 Å². The average molecular weight is 391 g/mol. The van der Waals surface area contributed by atoms with Crippen LogP contribution in [-0.4, -0.2) is 40.1 Å². The van der Waals surface area contributed by atoms with Gasteiger partial charge in [0.2, 0.25) is 10.0 Å². The molecule has 0 heterocycles. The highest BCUT2D eigenvalue weighted by Crippen LogP contribution is 2.25. The molecular formula is C21H30N2O3S. The minimum Gasteiger partial charge on any atom is -0.497 e. The van der Waals surface area contributed by atoms with Crippen molar-refractivity contribution in [3.8, 4) is 5.75 Å². The third kappa shape index (κ3) is 5.31. The number of likely N-dealkylation sites (N-methyl/N-ethyl adjacent to an activating group) is 1. The second-order valence-electron chi connectivity index (χ2n) is 6.63. The lowest BCUT2D eigenvalue weighted by Gasteiger charge is -2.30. The van der Waals surface area contributed by atoms with Gasteiger partial charge in [-0.25, -0.2) is 13.1 Å². The van der Waals surface area contributed by atoms with Crippen LogP contribution in [0.25, 0.3) is 0 Å². The summed E-state index contributed by atoms with van der Waals surface area (Å²) < 4.78 is 34.0. The normalized spacial score (nSPS) is 13.0. The van der Waals surface area contributed by atoms with Gasteiger partial charge in [0.25, 0.3) is 0 Å². The fourth-order valence-electron chi connectivity index (χ4n) is 3.23. The minimum atomic E-state index is -3.59. The number of rotatable bonds is 9. The van der Waals surface area contributed by atoms with Crippen molar-refractivity contribution in [2.75, 3.05) is 26.7 Å². The summed E-state index contributed by atoms with van der Waals surface area (Å²) in [6.07, 6.45) is 0. The van der Waals surface area contributed by atoms with Crippen LogP contribution in [0.2, 0.25) is 0 Å². The molecule has 2 aromatic rings. The van der Waals surface area contributed by atoms with Crippen LogP contribution >= 0.6 is 0 Å². The molecule has 0 spiro atoms. The summed E-state index contributed by atoms with van der Waals surface area (Å²) in [5.74, 6) is 0.766. The number of nitrogens with zero attached hydrogens (tertiary/aromatic N) is 1. The van der Waals surface area contributed by atoms with E-state index < -0.39 is 10.0 Å². The van der Waals surface area contributed by atoms with Crippen molar-refractivity contribution < 1.29 is 13.2 Å². The lowest BCUT2D eigenvalue weighted by molar-refractivity contribution is 0.219. The third-order valence-electron chi connectivity index (χ3n) is 4.83. The van der Waals surface area contributed by atoms with Gasteiger partial charge in [-0.15, -0.1) is 0 Å². The van der Waals surface area contributed by atoms with Crippen LogP contribution in [0.1, 0.15) is 36.6 Å². The summed E-state index contributed by atoms with van der Waals surface area (Å²) in [5.41, 5.74) is 2.70. The maximum Gasteiger partial charge on any atom is 0.240 e. The van der Waals surface area contributed by atoms with Crippen molar-refractivity contribution in [3.05, 3.63) is 59.2 Å². The molecule has 5 nitrogen and oxygen atoms in total. The van der Waals surface area contributed by atoms with Gasteiger partial charge in [0.1, 0.15) is 5.75 Å². The Morgan fingerprint density at radius 2 is 1.78 bits per heavy atom. The molecule has 1 N–H and O–H groups in total. The molecule has 0 fully saturated rings. The number of aryl methyl sites for hydroxylation is 2. The Balaban J connectivity index is 2.31. The number of hydrogen-bond acceptors (Lipinski definition) is 4. The van der Waals surface area contributed by atoms with Crippen LogP contribution in [0.15, 0.2) is 47.4 Å². The Bertz CT molecular complexity index is 861. The Morgan fingerprint density at radius 1 is 1.07 bits per heavy atom. The Morgan fingerprint density at radius 3 is 2.41 bits per heavy atom. The van der Waals surface area contributed by atoms with Crippen LogP contribution in [0.4, 0.5) is 0 Å². The molecule has 2 aromatic carbocycles. The van der Waals surface area contributed by atoms with Gasteiger partial charge in [0.15, 0.2) is 0 Å². The van der Waals surface area contributed by atoms with E-state index in [1.165, 1.54) is 0 Å². The van der Waals surface area contributed by atoms with Crippen molar-refractivity contribution in [1.82, 2.24) is 9.62 Å². The molecule has 148 valence electrons. The van der Waals surface area contributed by atoms with Crippen molar-refractivity contribution in [2.24, 2.45) is 0 Å². The van der Waals surface area contributed by atoms with Crippen LogP contribution in [0, 0.1) is 13.8 Å². The quantitative estimate of drug-likeness (QED) is 0.710. The molecule has 0 aliphatic heterocycles. The van der Waals surface area contributed by atoms with E-state index in [1.807, 2.05) is 50.2 Å². The smallest absolute Gasteiger partial charge is 0.240 e. The Kier molecular flexibility index (Phi) is 7.41. The molecule has 6 heteroatoms. The second kappa shape index (κ2) is 9.35. The van der Waals surface area contributed by atoms with Crippen LogP contribution in [0.5, 0.6) is 5.75 Å². The van der Waals surface area contributed by atoms with E-state index in [0.29, 0.717) is 11.4 Å². The topological polar surface area (TPSA) is 58.6 Å². The highest BCUT2D eigenvalue weighted by molar-refractivity contribution is 7.89. The van der Waals surface area contributed by atoms with E-state index in [2.05, 4.69) is 23.5 Å². The van der Waals surface area contributed by atoms with Gasteiger partial charge in [-0.3, -0.25) is 4.90 Å². The summed E-state index contributed by atoms with van der Waals surface area (Å²) >= 11 is 0. The zero-order chi connectivity index (χ0) is 20.0. The van der Waals surface area contributed by atoms with Crippen LogP contribution < -0.4 is 9.46 Å². The molecule has 1 unspecified atom stereocenters. The highest BCUT2D eigenvalue weighted by Gasteiger charge is 2.23. The van der Waals surface area contributed by atoms with Crippen LogP contribution in [0.3, 0.4) is 0 Å². The SMILES string of the molecule is CCN(CC)C(CNS(=O)(=O)c1cc(C)ccc1C)c1cccc(OC)c1. The summed E-state index contributed by atoms with van der Waals surface area (Å²) in [4.78, 5) is 2.58. The number of hydrogen-bond donors (Lipinski definition) is 1. The summed E-state index contributed by atoms with van der Waals surface area (Å²) in [6, 6.07) is 13.2. The summed E-state index contributed by atoms with van der Waals surface area (Å²) in [6.45, 7) is 9.81. The third-order valence-corrected chi connectivity index (χ3v) is 6.40. The molecule has 0 saturated carbocycles. The minimum absolute atomic E-state index is 0.0741. The van der Waals surface area contributed by atoms with Gasteiger partial charge >= 0.3 is 0 Å². The Labute approximate surface area is 163 Å². The molecule has 1 atom stereocenters. The lowest BCUT2D eigenvalue weighted by Crippen LogP contribution is -2.38. The van der Waals surface area contributed by atoms with Crippen molar-refractivity contribution in [1.29, 1.82) is 0 Å². The maximum absolute atomic E-state index is 12.9. The summed E-state index contributed by atoms with van der Waals surface area (Å²) in [7, 11) is -1.96. The second-order valence-corrected chi connectivity index (χ2v) is 8.37. The fraction of sp³-hybridized carbons (Fsp3) is 0.429. The fourth-order valence-corrected chi connectivity index (χ4v) is 4.60. The van der Waals surface area contributed by atoms with E-state index in [1.54, 1.807) is 13.2 Å². The first-order valence-corrected chi connectivity index (χ1v) is 10.8. The van der Waals surface area contributed by atoms with Crippen molar-refractivity contribution in [3.63, 3.8) is 0 Å². The predicted molar refractivity (Wildman–Crippen MR) is 110 cm³/mol. The van der Waals surface area contributed by atoms with E-state index in [0.717, 1.165) is 35.5 Å². The van der Waals surface area contributed by atoms with E-state index in [4.69, 9.17) is 4.74 Å². The molecule has 0 saturated heterocycles. The zero-order valence-corrected chi connectivity index (χ0v) is 17.6. The van der Waals surface area contributed by atoms with Crippen LogP contribution in [-0.2, 0) is 10.0 Å². The highest BCUT2D eigenvalue weighted by atomic mass is 32.2. The predicted octanol–water partition coefficient (Wildman–Crippen LogP) is 3.67. The Hall–Kier alpha value is -1.89. The molecule has 0 amide bonds. The monoisotopic (exact) mass is 390 g/mol. The molecular weight excluding hydrogens is 360 g/mol. The largest absolute Gasteiger partial charge is 0.497 e. The van der Waals surface area contributed by atoms with Crippen molar-refractivity contribution >= 4 is 10.0 Å². The number of nitrogens with one attached hydrogen (secondary N) is 1. The molecule has 2 rings (SSSR count). The molecule has 0 aliphatic rings. The van der Waals surface area contributed by atoms with Gasteiger partial charge in [-0.2, -0.15) is 0 Å². The van der Waals surface area contributed by atoms with Gasteiger partial charge in [0.05, 0.1) is 12.0 Å². The first kappa shape index (κ1) is 21.4.